The molecule has 0 spiro atoms. The highest BCUT2D eigenvalue weighted by Gasteiger charge is 2.23. The topological polar surface area (TPSA) is 67.5 Å². The van der Waals surface area contributed by atoms with E-state index in [9.17, 15) is 10.2 Å². The van der Waals surface area contributed by atoms with Gasteiger partial charge in [0.1, 0.15) is 17.7 Å². The number of aliphatic hydroxyl groups excluding tert-OH is 2. The van der Waals surface area contributed by atoms with E-state index in [0.29, 0.717) is 11.9 Å². The van der Waals surface area contributed by atoms with E-state index < -0.39 is 6.10 Å². The zero-order chi connectivity index (χ0) is 20.2. The zero-order valence-electron chi connectivity index (χ0n) is 16.5. The Morgan fingerprint density at radius 2 is 1.76 bits per heavy atom. The van der Waals surface area contributed by atoms with Crippen molar-refractivity contribution in [3.05, 3.63) is 78.4 Å². The highest BCUT2D eigenvalue weighted by atomic mass is 16.5. The largest absolute Gasteiger partial charge is 0.490 e. The SMILES string of the molecule is C[C@H](O)c1nccn1[C@@H](/C=C/c1ccc(-c2ccc(OC3CC3)cc2)cc1)CO. The maximum Gasteiger partial charge on any atom is 0.137 e. The van der Waals surface area contributed by atoms with Gasteiger partial charge in [0.2, 0.25) is 0 Å². The summed E-state index contributed by atoms with van der Waals surface area (Å²) in [6.07, 6.45) is 9.35. The zero-order valence-corrected chi connectivity index (χ0v) is 16.5. The molecule has 1 heterocycles. The number of nitrogens with zero attached hydrogens (tertiary/aromatic N) is 2. The van der Waals surface area contributed by atoms with Crippen molar-refractivity contribution < 1.29 is 14.9 Å². The molecule has 4 rings (SSSR count). The number of rotatable bonds is 8. The summed E-state index contributed by atoms with van der Waals surface area (Å²) in [6.45, 7) is 1.60. The molecule has 0 radical (unpaired) electrons. The summed E-state index contributed by atoms with van der Waals surface area (Å²) in [5.41, 5.74) is 3.33. The van der Waals surface area contributed by atoms with Crippen LogP contribution in [-0.2, 0) is 0 Å². The Morgan fingerprint density at radius 1 is 1.10 bits per heavy atom. The lowest BCUT2D eigenvalue weighted by Crippen LogP contribution is -2.14. The summed E-state index contributed by atoms with van der Waals surface area (Å²) in [7, 11) is 0. The van der Waals surface area contributed by atoms with Gasteiger partial charge in [-0.05, 0) is 48.6 Å². The van der Waals surface area contributed by atoms with Crippen molar-refractivity contribution in [2.45, 2.75) is 38.0 Å². The van der Waals surface area contributed by atoms with E-state index in [1.807, 2.05) is 24.3 Å². The van der Waals surface area contributed by atoms with Crippen molar-refractivity contribution in [2.75, 3.05) is 6.61 Å². The van der Waals surface area contributed by atoms with Crippen LogP contribution >= 0.6 is 0 Å². The van der Waals surface area contributed by atoms with Crippen LogP contribution in [-0.4, -0.2) is 32.5 Å². The molecule has 0 amide bonds. The van der Waals surface area contributed by atoms with E-state index in [1.165, 1.54) is 0 Å². The lowest BCUT2D eigenvalue weighted by atomic mass is 10.0. The van der Waals surface area contributed by atoms with Gasteiger partial charge in [0.15, 0.2) is 0 Å². The van der Waals surface area contributed by atoms with Gasteiger partial charge in [-0.1, -0.05) is 48.6 Å². The molecule has 1 saturated carbocycles. The molecular weight excluding hydrogens is 364 g/mol. The predicted molar refractivity (Wildman–Crippen MR) is 114 cm³/mol. The fraction of sp³-hybridized carbons (Fsp3) is 0.292. The van der Waals surface area contributed by atoms with Crippen LogP contribution in [0.1, 0.15) is 43.3 Å². The van der Waals surface area contributed by atoms with Crippen LogP contribution in [0.4, 0.5) is 0 Å². The highest BCUT2D eigenvalue weighted by molar-refractivity contribution is 5.66. The normalized spacial score (nSPS) is 16.1. The Balaban J connectivity index is 1.44. The van der Waals surface area contributed by atoms with Gasteiger partial charge in [-0.3, -0.25) is 0 Å². The number of hydrogen-bond acceptors (Lipinski definition) is 4. The summed E-state index contributed by atoms with van der Waals surface area (Å²) in [6, 6.07) is 16.2. The molecule has 150 valence electrons. The molecule has 3 aromatic rings. The summed E-state index contributed by atoms with van der Waals surface area (Å²) in [4.78, 5) is 4.17. The third-order valence-corrected chi connectivity index (χ3v) is 5.05. The van der Waals surface area contributed by atoms with Crippen molar-refractivity contribution >= 4 is 6.08 Å². The average molecular weight is 390 g/mol. The van der Waals surface area contributed by atoms with Crippen LogP contribution < -0.4 is 4.74 Å². The molecular formula is C24H26N2O3. The minimum atomic E-state index is -0.687. The first-order valence-electron chi connectivity index (χ1n) is 10.0. The van der Waals surface area contributed by atoms with Crippen molar-refractivity contribution in [3.63, 3.8) is 0 Å². The highest BCUT2D eigenvalue weighted by Crippen LogP contribution is 2.29. The summed E-state index contributed by atoms with van der Waals surface area (Å²) < 4.78 is 7.59. The van der Waals surface area contributed by atoms with Crippen molar-refractivity contribution in [1.29, 1.82) is 0 Å². The van der Waals surface area contributed by atoms with Gasteiger partial charge in [0, 0.05) is 12.4 Å². The summed E-state index contributed by atoms with van der Waals surface area (Å²) in [5.74, 6) is 1.47. The van der Waals surface area contributed by atoms with Gasteiger partial charge >= 0.3 is 0 Å². The first kappa shape index (κ1) is 19.4. The fourth-order valence-corrected chi connectivity index (χ4v) is 3.28. The second-order valence-electron chi connectivity index (χ2n) is 7.44. The van der Waals surface area contributed by atoms with E-state index in [4.69, 9.17) is 4.74 Å². The number of aliphatic hydroxyl groups is 2. The van der Waals surface area contributed by atoms with E-state index in [-0.39, 0.29) is 12.6 Å². The molecule has 1 aliphatic carbocycles. The van der Waals surface area contributed by atoms with Crippen molar-refractivity contribution in [1.82, 2.24) is 9.55 Å². The van der Waals surface area contributed by atoms with Crippen LogP contribution in [0, 0.1) is 0 Å². The Labute approximate surface area is 170 Å². The molecule has 0 aliphatic heterocycles. The Kier molecular flexibility index (Phi) is 5.79. The Hall–Kier alpha value is -2.89. The van der Waals surface area contributed by atoms with Gasteiger partial charge in [-0.2, -0.15) is 0 Å². The molecule has 0 saturated heterocycles. The standard InChI is InChI=1S/C24H26N2O3/c1-17(28)24-25-14-15-26(24)21(16-27)9-4-18-2-5-19(6-3-18)20-7-10-22(11-8-20)29-23-12-13-23/h2-11,14-15,17,21,23,27-28H,12-13,16H2,1H3/b9-4+/t17-,21-/m0/s1. The number of aromatic nitrogens is 2. The van der Waals surface area contributed by atoms with Crippen LogP contribution in [0.3, 0.4) is 0 Å². The molecule has 2 N–H and O–H groups in total. The van der Waals surface area contributed by atoms with Gasteiger partial charge in [-0.25, -0.2) is 4.98 Å². The summed E-state index contributed by atoms with van der Waals surface area (Å²) in [5, 5.41) is 19.6. The van der Waals surface area contributed by atoms with Crippen LogP contribution in [0.25, 0.3) is 17.2 Å². The monoisotopic (exact) mass is 390 g/mol. The minimum Gasteiger partial charge on any atom is -0.490 e. The van der Waals surface area contributed by atoms with E-state index in [1.54, 1.807) is 23.9 Å². The molecule has 1 aromatic heterocycles. The third-order valence-electron chi connectivity index (χ3n) is 5.05. The molecule has 2 aromatic carbocycles. The molecule has 5 nitrogen and oxygen atoms in total. The van der Waals surface area contributed by atoms with Gasteiger partial charge < -0.3 is 19.5 Å². The molecule has 0 unspecified atom stereocenters. The maximum atomic E-state index is 9.83. The van der Waals surface area contributed by atoms with Gasteiger partial charge in [-0.15, -0.1) is 0 Å². The molecule has 5 heteroatoms. The first-order chi connectivity index (χ1) is 14.1. The second-order valence-corrected chi connectivity index (χ2v) is 7.44. The first-order valence-corrected chi connectivity index (χ1v) is 10.0. The fourth-order valence-electron chi connectivity index (χ4n) is 3.28. The third kappa shape index (κ3) is 4.75. The number of imidazole rings is 1. The molecule has 29 heavy (non-hydrogen) atoms. The van der Waals surface area contributed by atoms with Crippen LogP contribution in [0.5, 0.6) is 5.75 Å². The van der Waals surface area contributed by atoms with Crippen LogP contribution in [0.2, 0.25) is 0 Å². The molecule has 1 aliphatic rings. The van der Waals surface area contributed by atoms with E-state index >= 15 is 0 Å². The lowest BCUT2D eigenvalue weighted by molar-refractivity contribution is 0.175. The number of hydrogen-bond donors (Lipinski definition) is 2. The Bertz CT molecular complexity index is 955. The molecule has 0 bridgehead atoms. The minimum absolute atomic E-state index is 0.0695. The van der Waals surface area contributed by atoms with Gasteiger partial charge in [0.25, 0.3) is 0 Å². The smallest absolute Gasteiger partial charge is 0.137 e. The predicted octanol–water partition coefficient (Wildman–Crippen LogP) is 4.39. The van der Waals surface area contributed by atoms with Crippen molar-refractivity contribution in [2.24, 2.45) is 0 Å². The quantitative estimate of drug-likeness (QED) is 0.599. The van der Waals surface area contributed by atoms with Crippen molar-refractivity contribution in [3.8, 4) is 16.9 Å². The molecule has 2 atom stereocenters. The second kappa shape index (κ2) is 8.64. The maximum absolute atomic E-state index is 9.83. The van der Waals surface area contributed by atoms with E-state index in [0.717, 1.165) is 35.3 Å². The number of ether oxygens (including phenoxy) is 1. The number of benzene rings is 2. The summed E-state index contributed by atoms with van der Waals surface area (Å²) >= 11 is 0. The average Bonchev–Trinajstić information content (AvgIpc) is 3.41. The Morgan fingerprint density at radius 3 is 2.34 bits per heavy atom. The van der Waals surface area contributed by atoms with Gasteiger partial charge in [0.05, 0.1) is 18.8 Å². The molecule has 1 fully saturated rings. The lowest BCUT2D eigenvalue weighted by Gasteiger charge is -2.16. The van der Waals surface area contributed by atoms with Crippen LogP contribution in [0.15, 0.2) is 67.0 Å². The van der Waals surface area contributed by atoms with E-state index in [2.05, 4.69) is 41.4 Å².